The number of hydrogen-bond donors (Lipinski definition) is 1. The molecule has 0 radical (unpaired) electrons. The van der Waals surface area contributed by atoms with Gasteiger partial charge in [-0.25, -0.2) is 4.39 Å². The zero-order valence-electron chi connectivity index (χ0n) is 5.36. The molecule has 0 heterocycles. The van der Waals surface area contributed by atoms with E-state index in [0.717, 1.165) is 5.56 Å². The fourth-order valence-corrected chi connectivity index (χ4v) is 1.27. The molecule has 0 fully saturated rings. The topological polar surface area (TPSA) is 20.2 Å². The maximum atomic E-state index is 12.6. The van der Waals surface area contributed by atoms with Gasteiger partial charge >= 0.3 is 0 Å². The summed E-state index contributed by atoms with van der Waals surface area (Å²) in [5, 5.41) is 8.88. The summed E-state index contributed by atoms with van der Waals surface area (Å²) in [6, 6.07) is 2.98. The molecule has 1 N–H and O–H groups in total. The number of rotatable bonds is 0. The third-order valence-corrected chi connectivity index (χ3v) is 1.73. The quantitative estimate of drug-likeness (QED) is 0.690. The van der Waals surface area contributed by atoms with E-state index < -0.39 is 5.82 Å². The first kappa shape index (κ1) is 7.54. The highest BCUT2D eigenvalue weighted by Gasteiger charge is 2.04. The van der Waals surface area contributed by atoms with Crippen molar-refractivity contribution in [1.29, 1.82) is 0 Å². The summed E-state index contributed by atoms with van der Waals surface area (Å²) in [6.07, 6.45) is 0. The molecule has 10 heavy (non-hydrogen) atoms. The van der Waals surface area contributed by atoms with Crippen molar-refractivity contribution in [1.82, 2.24) is 0 Å². The molecule has 0 aliphatic carbocycles. The number of benzene rings is 1. The molecule has 1 aromatic rings. The molecule has 0 bridgehead atoms. The first-order chi connectivity index (χ1) is 4.61. The number of phenols is 1. The largest absolute Gasteiger partial charge is 0.505 e. The highest BCUT2D eigenvalue weighted by Crippen LogP contribution is 2.25. The number of aromatic hydroxyl groups is 1. The van der Waals surface area contributed by atoms with Crippen LogP contribution in [0.4, 0.5) is 4.39 Å². The predicted molar refractivity (Wildman–Crippen MR) is 40.5 cm³/mol. The Bertz CT molecular complexity index is 237. The van der Waals surface area contributed by atoms with Crippen molar-refractivity contribution < 1.29 is 9.50 Å². The molecule has 1 nitrogen and oxygen atoms in total. The lowest BCUT2D eigenvalue weighted by Gasteiger charge is -1.98. The molecule has 0 saturated carbocycles. The van der Waals surface area contributed by atoms with Gasteiger partial charge in [-0.3, -0.25) is 0 Å². The molecule has 0 spiro atoms. The van der Waals surface area contributed by atoms with Crippen molar-refractivity contribution in [2.75, 3.05) is 0 Å². The zero-order chi connectivity index (χ0) is 7.72. The van der Waals surface area contributed by atoms with E-state index >= 15 is 0 Å². The monoisotopic (exact) mass is 204 g/mol. The van der Waals surface area contributed by atoms with Gasteiger partial charge in [0.25, 0.3) is 0 Å². The second-order valence-corrected chi connectivity index (χ2v) is 2.93. The summed E-state index contributed by atoms with van der Waals surface area (Å²) >= 11 is 2.96. The molecular formula is C7H6BrFO. The molecule has 0 unspecified atom stereocenters. The van der Waals surface area contributed by atoms with E-state index in [4.69, 9.17) is 5.11 Å². The highest BCUT2D eigenvalue weighted by atomic mass is 79.9. The van der Waals surface area contributed by atoms with E-state index in [1.54, 1.807) is 13.0 Å². The van der Waals surface area contributed by atoms with Crippen molar-refractivity contribution in [3.05, 3.63) is 28.0 Å². The summed E-state index contributed by atoms with van der Waals surface area (Å²) in [5.74, 6) is -0.919. The van der Waals surface area contributed by atoms with Gasteiger partial charge in [0.05, 0.1) is 4.47 Å². The fourth-order valence-electron chi connectivity index (χ4n) is 0.706. The predicted octanol–water partition coefficient (Wildman–Crippen LogP) is 2.60. The molecular weight excluding hydrogens is 199 g/mol. The smallest absolute Gasteiger partial charge is 0.178 e. The summed E-state index contributed by atoms with van der Waals surface area (Å²) in [5.41, 5.74) is 0.825. The molecule has 0 saturated heterocycles. The molecule has 0 atom stereocenters. The molecule has 0 aliphatic rings. The van der Waals surface area contributed by atoms with Crippen LogP contribution in [0.25, 0.3) is 0 Å². The normalized spacial score (nSPS) is 9.90. The van der Waals surface area contributed by atoms with Crippen molar-refractivity contribution in [3.8, 4) is 5.75 Å². The van der Waals surface area contributed by atoms with Crippen LogP contribution >= 0.6 is 15.9 Å². The van der Waals surface area contributed by atoms with Crippen molar-refractivity contribution in [2.24, 2.45) is 0 Å². The third kappa shape index (κ3) is 1.29. The summed E-state index contributed by atoms with van der Waals surface area (Å²) in [4.78, 5) is 0. The van der Waals surface area contributed by atoms with E-state index in [0.29, 0.717) is 4.47 Å². The van der Waals surface area contributed by atoms with E-state index in [2.05, 4.69) is 15.9 Å². The van der Waals surface area contributed by atoms with Crippen LogP contribution in [0.15, 0.2) is 16.6 Å². The van der Waals surface area contributed by atoms with Crippen LogP contribution in [-0.4, -0.2) is 5.11 Å². The van der Waals surface area contributed by atoms with Gasteiger partial charge in [-0.15, -0.1) is 0 Å². The van der Waals surface area contributed by atoms with Gasteiger partial charge in [0, 0.05) is 0 Å². The van der Waals surface area contributed by atoms with Gasteiger partial charge < -0.3 is 5.11 Å². The SMILES string of the molecule is Cc1cc(O)c(F)c(Br)c1. The van der Waals surface area contributed by atoms with E-state index in [-0.39, 0.29) is 5.75 Å². The van der Waals surface area contributed by atoms with Crippen LogP contribution in [0.2, 0.25) is 0 Å². The van der Waals surface area contributed by atoms with Crippen molar-refractivity contribution >= 4 is 15.9 Å². The minimum absolute atomic E-state index is 0.296. The van der Waals surface area contributed by atoms with Gasteiger partial charge in [-0.05, 0) is 40.5 Å². The number of halogens is 2. The van der Waals surface area contributed by atoms with Gasteiger partial charge in [0.15, 0.2) is 11.6 Å². The minimum atomic E-state index is -0.606. The molecule has 0 amide bonds. The van der Waals surface area contributed by atoms with Crippen LogP contribution in [0, 0.1) is 12.7 Å². The lowest BCUT2D eigenvalue weighted by Crippen LogP contribution is -1.80. The van der Waals surface area contributed by atoms with Crippen molar-refractivity contribution in [2.45, 2.75) is 6.92 Å². The van der Waals surface area contributed by atoms with Gasteiger partial charge in [0.2, 0.25) is 0 Å². The Morgan fingerprint density at radius 3 is 2.60 bits per heavy atom. The Labute approximate surface area is 66.6 Å². The molecule has 1 aromatic carbocycles. The average Bonchev–Trinajstić information content (AvgIpc) is 1.82. The Morgan fingerprint density at radius 1 is 1.50 bits per heavy atom. The summed E-state index contributed by atoms with van der Waals surface area (Å²) < 4.78 is 12.9. The van der Waals surface area contributed by atoms with Crippen LogP contribution in [0.1, 0.15) is 5.56 Å². The summed E-state index contributed by atoms with van der Waals surface area (Å²) in [7, 11) is 0. The van der Waals surface area contributed by atoms with E-state index in [1.807, 2.05) is 0 Å². The third-order valence-electron chi connectivity index (χ3n) is 1.15. The standard InChI is InChI=1S/C7H6BrFO/c1-4-2-5(8)7(9)6(10)3-4/h2-3,10H,1H3. The lowest BCUT2D eigenvalue weighted by molar-refractivity contribution is 0.430. The molecule has 0 aliphatic heterocycles. The van der Waals surface area contributed by atoms with Gasteiger partial charge in [0.1, 0.15) is 0 Å². The average molecular weight is 205 g/mol. The Morgan fingerprint density at radius 2 is 2.10 bits per heavy atom. The maximum absolute atomic E-state index is 12.6. The second-order valence-electron chi connectivity index (χ2n) is 2.08. The minimum Gasteiger partial charge on any atom is -0.505 e. The van der Waals surface area contributed by atoms with Crippen LogP contribution in [0.5, 0.6) is 5.75 Å². The van der Waals surface area contributed by atoms with Gasteiger partial charge in [-0.2, -0.15) is 0 Å². The van der Waals surface area contributed by atoms with Gasteiger partial charge in [-0.1, -0.05) is 0 Å². The summed E-state index contributed by atoms with van der Waals surface area (Å²) in [6.45, 7) is 1.78. The Balaban J connectivity index is 3.31. The number of aryl methyl sites for hydroxylation is 1. The van der Waals surface area contributed by atoms with Crippen LogP contribution in [-0.2, 0) is 0 Å². The first-order valence-electron chi connectivity index (χ1n) is 2.76. The van der Waals surface area contributed by atoms with Crippen molar-refractivity contribution in [3.63, 3.8) is 0 Å². The van der Waals surface area contributed by atoms with Crippen LogP contribution in [0.3, 0.4) is 0 Å². The lowest BCUT2D eigenvalue weighted by atomic mass is 10.2. The van der Waals surface area contributed by atoms with Crippen LogP contribution < -0.4 is 0 Å². The second kappa shape index (κ2) is 2.58. The maximum Gasteiger partial charge on any atom is 0.178 e. The fraction of sp³-hybridized carbons (Fsp3) is 0.143. The highest BCUT2D eigenvalue weighted by molar-refractivity contribution is 9.10. The number of phenolic OH excluding ortho intramolecular Hbond substituents is 1. The van der Waals surface area contributed by atoms with E-state index in [9.17, 15) is 4.39 Å². The molecule has 1 rings (SSSR count). The molecule has 54 valence electrons. The molecule has 0 aromatic heterocycles. The van der Waals surface area contributed by atoms with E-state index in [1.165, 1.54) is 6.07 Å². The number of hydrogen-bond acceptors (Lipinski definition) is 1. The first-order valence-corrected chi connectivity index (χ1v) is 3.55. The zero-order valence-corrected chi connectivity index (χ0v) is 6.94. The molecule has 3 heteroatoms. The Kier molecular flexibility index (Phi) is 1.94. The Hall–Kier alpha value is -0.570.